The second-order valence-electron chi connectivity index (χ2n) is 5.35. The van der Waals surface area contributed by atoms with E-state index in [0.29, 0.717) is 11.6 Å². The molecule has 1 aromatic rings. The van der Waals surface area contributed by atoms with Gasteiger partial charge in [0.25, 0.3) is 0 Å². The second-order valence-corrected chi connectivity index (χ2v) is 5.76. The lowest BCUT2D eigenvalue weighted by Crippen LogP contribution is -2.44. The standard InChI is InChI=1S/C16H23ClN2O/c1-13(2)12-20-16-4-3-14(11-15(16)17)5-8-19-9-6-18-7-10-19/h3-4,11,18H,1,5-10,12H2,2H3. The monoisotopic (exact) mass is 294 g/mol. The summed E-state index contributed by atoms with van der Waals surface area (Å²) in [6, 6.07) is 6.07. The zero-order valence-corrected chi connectivity index (χ0v) is 12.9. The van der Waals surface area contributed by atoms with Crippen molar-refractivity contribution in [1.82, 2.24) is 10.2 Å². The minimum Gasteiger partial charge on any atom is -0.488 e. The zero-order valence-electron chi connectivity index (χ0n) is 12.1. The number of ether oxygens (including phenoxy) is 1. The summed E-state index contributed by atoms with van der Waals surface area (Å²) >= 11 is 6.26. The van der Waals surface area contributed by atoms with Gasteiger partial charge in [-0.2, -0.15) is 0 Å². The maximum absolute atomic E-state index is 6.26. The molecule has 1 heterocycles. The average molecular weight is 295 g/mol. The Morgan fingerprint density at radius 1 is 1.40 bits per heavy atom. The summed E-state index contributed by atoms with van der Waals surface area (Å²) in [5.74, 6) is 0.737. The van der Waals surface area contributed by atoms with Crippen molar-refractivity contribution in [1.29, 1.82) is 0 Å². The molecule has 0 atom stereocenters. The van der Waals surface area contributed by atoms with Crippen LogP contribution in [0.15, 0.2) is 30.4 Å². The van der Waals surface area contributed by atoms with Crippen LogP contribution in [0.3, 0.4) is 0 Å². The molecule has 110 valence electrons. The molecule has 1 aliphatic heterocycles. The third-order valence-electron chi connectivity index (χ3n) is 3.40. The van der Waals surface area contributed by atoms with Crippen LogP contribution in [-0.4, -0.2) is 44.2 Å². The normalized spacial score (nSPS) is 16.1. The van der Waals surface area contributed by atoms with E-state index in [1.165, 1.54) is 5.56 Å². The summed E-state index contributed by atoms with van der Waals surface area (Å²) in [5, 5.41) is 4.05. The summed E-state index contributed by atoms with van der Waals surface area (Å²) in [7, 11) is 0. The Labute approximate surface area is 126 Å². The molecule has 0 aliphatic carbocycles. The lowest BCUT2D eigenvalue weighted by atomic mass is 10.1. The van der Waals surface area contributed by atoms with E-state index in [1.807, 2.05) is 19.1 Å². The first-order valence-corrected chi connectivity index (χ1v) is 7.51. The van der Waals surface area contributed by atoms with Crippen molar-refractivity contribution >= 4 is 11.6 Å². The highest BCUT2D eigenvalue weighted by atomic mass is 35.5. The van der Waals surface area contributed by atoms with Gasteiger partial charge in [-0.1, -0.05) is 24.2 Å². The largest absolute Gasteiger partial charge is 0.488 e. The molecule has 1 fully saturated rings. The molecular weight excluding hydrogens is 272 g/mol. The van der Waals surface area contributed by atoms with Gasteiger partial charge in [0.15, 0.2) is 0 Å². The van der Waals surface area contributed by atoms with Gasteiger partial charge in [0.1, 0.15) is 12.4 Å². The fourth-order valence-electron chi connectivity index (χ4n) is 2.24. The molecule has 1 aliphatic rings. The molecule has 0 amide bonds. The molecule has 0 aromatic heterocycles. The van der Waals surface area contributed by atoms with Gasteiger partial charge in [0.05, 0.1) is 5.02 Å². The first kappa shape index (κ1) is 15.4. The predicted octanol–water partition coefficient (Wildman–Crippen LogP) is 2.74. The molecule has 2 rings (SSSR count). The topological polar surface area (TPSA) is 24.5 Å². The molecule has 1 N–H and O–H groups in total. The first-order valence-electron chi connectivity index (χ1n) is 7.14. The number of hydrogen-bond donors (Lipinski definition) is 1. The fourth-order valence-corrected chi connectivity index (χ4v) is 2.50. The van der Waals surface area contributed by atoms with E-state index in [1.54, 1.807) is 0 Å². The Morgan fingerprint density at radius 3 is 2.80 bits per heavy atom. The van der Waals surface area contributed by atoms with Crippen LogP contribution in [-0.2, 0) is 6.42 Å². The zero-order chi connectivity index (χ0) is 14.4. The highest BCUT2D eigenvalue weighted by Gasteiger charge is 2.10. The van der Waals surface area contributed by atoms with Gasteiger partial charge in [-0.05, 0) is 36.6 Å². The maximum atomic E-state index is 6.26. The summed E-state index contributed by atoms with van der Waals surface area (Å²) < 4.78 is 5.60. The van der Waals surface area contributed by atoms with Gasteiger partial charge >= 0.3 is 0 Å². The van der Waals surface area contributed by atoms with Crippen molar-refractivity contribution in [2.75, 3.05) is 39.3 Å². The van der Waals surface area contributed by atoms with Gasteiger partial charge < -0.3 is 15.0 Å². The van der Waals surface area contributed by atoms with Crippen LogP contribution < -0.4 is 10.1 Å². The summed E-state index contributed by atoms with van der Waals surface area (Å²) in [6.07, 6.45) is 1.03. The molecule has 1 aromatic carbocycles. The third-order valence-corrected chi connectivity index (χ3v) is 3.69. The summed E-state index contributed by atoms with van der Waals surface area (Å²) in [5.41, 5.74) is 2.25. The molecule has 4 heteroatoms. The quantitative estimate of drug-likeness (QED) is 0.817. The fraction of sp³-hybridized carbons (Fsp3) is 0.500. The van der Waals surface area contributed by atoms with Gasteiger partial charge in [0.2, 0.25) is 0 Å². The van der Waals surface area contributed by atoms with Crippen molar-refractivity contribution in [3.63, 3.8) is 0 Å². The summed E-state index contributed by atoms with van der Waals surface area (Å²) in [4.78, 5) is 2.48. The number of benzene rings is 1. The number of piperazine rings is 1. The highest BCUT2D eigenvalue weighted by molar-refractivity contribution is 6.32. The van der Waals surface area contributed by atoms with Crippen LogP contribution in [0.2, 0.25) is 5.02 Å². The molecule has 0 spiro atoms. The van der Waals surface area contributed by atoms with E-state index < -0.39 is 0 Å². The molecule has 1 saturated heterocycles. The SMILES string of the molecule is C=C(C)COc1ccc(CCN2CCNCC2)cc1Cl. The molecule has 0 saturated carbocycles. The maximum Gasteiger partial charge on any atom is 0.138 e. The minimum atomic E-state index is 0.514. The molecule has 0 unspecified atom stereocenters. The van der Waals surface area contributed by atoms with E-state index in [4.69, 9.17) is 16.3 Å². The lowest BCUT2D eigenvalue weighted by molar-refractivity contribution is 0.244. The van der Waals surface area contributed by atoms with Crippen molar-refractivity contribution < 1.29 is 4.74 Å². The smallest absolute Gasteiger partial charge is 0.138 e. The van der Waals surface area contributed by atoms with Crippen molar-refractivity contribution in [2.24, 2.45) is 0 Å². The Kier molecular flexibility index (Phi) is 5.89. The molecule has 0 radical (unpaired) electrons. The van der Waals surface area contributed by atoms with E-state index in [-0.39, 0.29) is 0 Å². The molecule has 3 nitrogen and oxygen atoms in total. The van der Waals surface area contributed by atoms with E-state index in [9.17, 15) is 0 Å². The van der Waals surface area contributed by atoms with E-state index >= 15 is 0 Å². The van der Waals surface area contributed by atoms with Crippen molar-refractivity contribution in [3.8, 4) is 5.75 Å². The van der Waals surface area contributed by atoms with E-state index in [0.717, 1.165) is 50.5 Å². The number of rotatable bonds is 6. The van der Waals surface area contributed by atoms with Gasteiger partial charge in [-0.15, -0.1) is 0 Å². The van der Waals surface area contributed by atoms with Crippen LogP contribution in [0.4, 0.5) is 0 Å². The third kappa shape index (κ3) is 4.82. The van der Waals surface area contributed by atoms with Crippen LogP contribution in [0.25, 0.3) is 0 Å². The predicted molar refractivity (Wildman–Crippen MR) is 84.8 cm³/mol. The van der Waals surface area contributed by atoms with Gasteiger partial charge in [-0.25, -0.2) is 0 Å². The Bertz CT molecular complexity index is 456. The van der Waals surface area contributed by atoms with Crippen LogP contribution >= 0.6 is 11.6 Å². The number of halogens is 1. The second kappa shape index (κ2) is 7.67. The molecular formula is C16H23ClN2O. The Hall–Kier alpha value is -1.03. The molecule has 0 bridgehead atoms. The van der Waals surface area contributed by atoms with Gasteiger partial charge in [0, 0.05) is 32.7 Å². The van der Waals surface area contributed by atoms with Crippen molar-refractivity contribution in [3.05, 3.63) is 40.9 Å². The van der Waals surface area contributed by atoms with Crippen LogP contribution in [0.1, 0.15) is 12.5 Å². The number of hydrogen-bond acceptors (Lipinski definition) is 3. The first-order chi connectivity index (χ1) is 9.65. The number of nitrogens with one attached hydrogen (secondary N) is 1. The van der Waals surface area contributed by atoms with E-state index in [2.05, 4.69) is 22.9 Å². The van der Waals surface area contributed by atoms with Crippen LogP contribution in [0.5, 0.6) is 5.75 Å². The van der Waals surface area contributed by atoms with Crippen LogP contribution in [0, 0.1) is 0 Å². The number of nitrogens with zero attached hydrogens (tertiary/aromatic N) is 1. The van der Waals surface area contributed by atoms with Crippen molar-refractivity contribution in [2.45, 2.75) is 13.3 Å². The Balaban J connectivity index is 1.86. The minimum absolute atomic E-state index is 0.514. The summed E-state index contributed by atoms with van der Waals surface area (Å²) in [6.45, 7) is 11.8. The van der Waals surface area contributed by atoms with Gasteiger partial charge in [-0.3, -0.25) is 0 Å². The lowest BCUT2D eigenvalue weighted by Gasteiger charge is -2.27. The highest BCUT2D eigenvalue weighted by Crippen LogP contribution is 2.26. The average Bonchev–Trinajstić information content (AvgIpc) is 2.45. The Morgan fingerprint density at radius 2 is 2.15 bits per heavy atom. The molecule has 20 heavy (non-hydrogen) atoms.